The molecule has 21 heavy (non-hydrogen) atoms. The first-order chi connectivity index (χ1) is 10.2. The molecule has 0 saturated carbocycles. The Kier molecular flexibility index (Phi) is 15.5. The third-order valence-electron chi connectivity index (χ3n) is 3.11. The largest absolute Gasteiger partial charge is 0.373 e. The predicted octanol–water partition coefficient (Wildman–Crippen LogP) is 2.36. The number of carbonyl (C=O) groups excluding carboxylic acids is 3. The van der Waals surface area contributed by atoms with Gasteiger partial charge in [0, 0.05) is 24.0 Å². The minimum Gasteiger partial charge on any atom is -0.356 e. The highest BCUT2D eigenvalue weighted by Gasteiger charge is 2.15. The monoisotopic (exact) mass is 334 g/mol. The van der Waals surface area contributed by atoms with Gasteiger partial charge in [-0.25, -0.2) is 0 Å². The fourth-order valence-electron chi connectivity index (χ4n) is 1.98. The number of hydrogen-bond acceptors (Lipinski definition) is 6. The van der Waals surface area contributed by atoms with E-state index >= 15 is 0 Å². The molecule has 0 aromatic rings. The van der Waals surface area contributed by atoms with Crippen LogP contribution in [0.25, 0.3) is 0 Å². The normalized spacial score (nSPS) is 16.7. The summed E-state index contributed by atoms with van der Waals surface area (Å²) in [7, 11) is 4.02. The van der Waals surface area contributed by atoms with Crippen molar-refractivity contribution >= 4 is 33.6 Å². The van der Waals surface area contributed by atoms with Crippen molar-refractivity contribution in [2.45, 2.75) is 56.6 Å². The van der Waals surface area contributed by atoms with Crippen molar-refractivity contribution < 1.29 is 14.4 Å². The Morgan fingerprint density at radius 3 is 2.57 bits per heavy atom. The van der Waals surface area contributed by atoms with Gasteiger partial charge in [0.25, 0.3) is 0 Å². The molecule has 122 valence electrons. The van der Waals surface area contributed by atoms with Gasteiger partial charge in [-0.2, -0.15) is 9.59 Å². The highest BCUT2D eigenvalue weighted by Crippen LogP contribution is 2.39. The molecule has 1 rings (SSSR count). The van der Waals surface area contributed by atoms with Crippen LogP contribution in [0.1, 0.15) is 51.4 Å². The van der Waals surface area contributed by atoms with E-state index in [0.29, 0.717) is 6.42 Å². The summed E-state index contributed by atoms with van der Waals surface area (Å²) in [5.74, 6) is 1.52. The SMILES string of the molecule is NCCCCCNC(=O)CCCC[C@@H]1CCSS1.O=C=O. The Bertz CT molecular complexity index is 292. The van der Waals surface area contributed by atoms with Gasteiger partial charge in [0.2, 0.25) is 5.91 Å². The zero-order chi connectivity index (χ0) is 15.8. The minimum atomic E-state index is 0.219. The summed E-state index contributed by atoms with van der Waals surface area (Å²) in [6, 6.07) is 0. The van der Waals surface area contributed by atoms with Crippen LogP contribution in [-0.2, 0) is 14.4 Å². The summed E-state index contributed by atoms with van der Waals surface area (Å²) in [6.45, 7) is 1.57. The third kappa shape index (κ3) is 14.2. The molecule has 0 aromatic carbocycles. The topological polar surface area (TPSA) is 89.3 Å². The quantitative estimate of drug-likeness (QED) is 0.471. The molecule has 1 aliphatic heterocycles. The summed E-state index contributed by atoms with van der Waals surface area (Å²) in [5, 5.41) is 3.82. The number of amides is 1. The van der Waals surface area contributed by atoms with Crippen LogP contribution in [0.4, 0.5) is 0 Å². The smallest absolute Gasteiger partial charge is 0.356 e. The van der Waals surface area contributed by atoms with Crippen LogP contribution in [0.15, 0.2) is 0 Å². The average Bonchev–Trinajstić information content (AvgIpc) is 2.97. The molecular formula is C14H26N2O3S2. The summed E-state index contributed by atoms with van der Waals surface area (Å²) in [5.41, 5.74) is 5.41. The van der Waals surface area contributed by atoms with E-state index in [1.54, 1.807) is 0 Å². The van der Waals surface area contributed by atoms with Gasteiger partial charge in [-0.3, -0.25) is 4.79 Å². The minimum absolute atomic E-state index is 0.219. The van der Waals surface area contributed by atoms with Crippen molar-refractivity contribution in [3.8, 4) is 0 Å². The second-order valence-corrected chi connectivity index (χ2v) is 7.64. The molecule has 1 saturated heterocycles. The lowest BCUT2D eigenvalue weighted by Gasteiger charge is -2.07. The molecule has 5 nitrogen and oxygen atoms in total. The second kappa shape index (κ2) is 15.9. The van der Waals surface area contributed by atoms with Crippen LogP contribution in [0.2, 0.25) is 0 Å². The van der Waals surface area contributed by atoms with Crippen molar-refractivity contribution in [3.63, 3.8) is 0 Å². The number of rotatable bonds is 10. The van der Waals surface area contributed by atoms with E-state index in [4.69, 9.17) is 15.3 Å². The maximum absolute atomic E-state index is 11.5. The highest BCUT2D eigenvalue weighted by molar-refractivity contribution is 8.77. The lowest BCUT2D eigenvalue weighted by molar-refractivity contribution is -0.191. The molecule has 1 heterocycles. The number of carbonyl (C=O) groups is 1. The Morgan fingerprint density at radius 2 is 1.95 bits per heavy atom. The van der Waals surface area contributed by atoms with Gasteiger partial charge in [0.05, 0.1) is 0 Å². The van der Waals surface area contributed by atoms with Crippen molar-refractivity contribution in [2.75, 3.05) is 18.8 Å². The first-order valence-electron chi connectivity index (χ1n) is 7.49. The van der Waals surface area contributed by atoms with Crippen LogP contribution >= 0.6 is 21.6 Å². The molecule has 7 heteroatoms. The molecule has 0 radical (unpaired) electrons. The fourth-order valence-corrected chi connectivity index (χ4v) is 5.01. The first-order valence-corrected chi connectivity index (χ1v) is 9.87. The zero-order valence-corrected chi connectivity index (χ0v) is 14.1. The van der Waals surface area contributed by atoms with Crippen molar-refractivity contribution in [2.24, 2.45) is 5.73 Å². The van der Waals surface area contributed by atoms with Crippen molar-refractivity contribution in [1.82, 2.24) is 5.32 Å². The van der Waals surface area contributed by atoms with Gasteiger partial charge in [0.15, 0.2) is 0 Å². The molecular weight excluding hydrogens is 308 g/mol. The first kappa shape index (κ1) is 20.5. The Labute approximate surface area is 135 Å². The van der Waals surface area contributed by atoms with Gasteiger partial charge >= 0.3 is 6.15 Å². The summed E-state index contributed by atoms with van der Waals surface area (Å²) < 4.78 is 0. The predicted molar refractivity (Wildman–Crippen MR) is 87.8 cm³/mol. The van der Waals surface area contributed by atoms with Crippen LogP contribution in [-0.4, -0.2) is 36.2 Å². The van der Waals surface area contributed by atoms with Gasteiger partial charge in [-0.05, 0) is 38.6 Å². The van der Waals surface area contributed by atoms with Crippen LogP contribution in [0.5, 0.6) is 0 Å². The van der Waals surface area contributed by atoms with Crippen LogP contribution < -0.4 is 11.1 Å². The van der Waals surface area contributed by atoms with Crippen LogP contribution in [0.3, 0.4) is 0 Å². The van der Waals surface area contributed by atoms with E-state index in [1.165, 1.54) is 25.0 Å². The molecule has 0 unspecified atom stereocenters. The summed E-state index contributed by atoms with van der Waals surface area (Å²) >= 11 is 0. The van der Waals surface area contributed by atoms with Gasteiger partial charge in [0.1, 0.15) is 0 Å². The van der Waals surface area contributed by atoms with Crippen LogP contribution in [0, 0.1) is 0 Å². The molecule has 0 spiro atoms. The molecule has 0 bridgehead atoms. The third-order valence-corrected chi connectivity index (χ3v) is 6.12. The highest BCUT2D eigenvalue weighted by atomic mass is 33.1. The standard InChI is InChI=1S/C13H26N2OS2.CO2/c14-9-4-1-5-10-15-13(16)7-3-2-6-12-8-11-17-18-12;2-1-3/h12H,1-11,14H2,(H,15,16);/t12-;/m1./s1. The molecule has 0 aromatic heterocycles. The molecule has 1 aliphatic rings. The Hall–Kier alpha value is -0.490. The number of unbranched alkanes of at least 4 members (excludes halogenated alkanes) is 3. The summed E-state index contributed by atoms with van der Waals surface area (Å²) in [4.78, 5) is 27.8. The maximum atomic E-state index is 11.5. The fraction of sp³-hybridized carbons (Fsp3) is 0.857. The Balaban J connectivity index is 0.00000122. The number of nitrogens with two attached hydrogens (primary N) is 1. The van der Waals surface area contributed by atoms with Crippen molar-refractivity contribution in [3.05, 3.63) is 0 Å². The lowest BCUT2D eigenvalue weighted by Crippen LogP contribution is -2.24. The molecule has 1 atom stereocenters. The lowest BCUT2D eigenvalue weighted by atomic mass is 10.1. The van der Waals surface area contributed by atoms with E-state index < -0.39 is 0 Å². The molecule has 1 amide bonds. The molecule has 0 aliphatic carbocycles. The van der Waals surface area contributed by atoms with Crippen molar-refractivity contribution in [1.29, 1.82) is 0 Å². The van der Waals surface area contributed by atoms with E-state index in [0.717, 1.165) is 44.0 Å². The van der Waals surface area contributed by atoms with Gasteiger partial charge in [-0.15, -0.1) is 0 Å². The molecule has 3 N–H and O–H groups in total. The van der Waals surface area contributed by atoms with E-state index in [9.17, 15) is 4.79 Å². The Morgan fingerprint density at radius 1 is 1.19 bits per heavy atom. The molecule has 1 fully saturated rings. The summed E-state index contributed by atoms with van der Waals surface area (Å²) in [6.07, 6.45) is 9.04. The maximum Gasteiger partial charge on any atom is 0.373 e. The van der Waals surface area contributed by atoms with E-state index in [1.807, 2.05) is 21.6 Å². The number of nitrogens with one attached hydrogen (secondary N) is 1. The number of hydrogen-bond donors (Lipinski definition) is 2. The van der Waals surface area contributed by atoms with Gasteiger partial charge < -0.3 is 11.1 Å². The average molecular weight is 335 g/mol. The zero-order valence-electron chi connectivity index (χ0n) is 12.5. The van der Waals surface area contributed by atoms with E-state index in [2.05, 4.69) is 5.32 Å². The van der Waals surface area contributed by atoms with E-state index in [-0.39, 0.29) is 12.1 Å². The van der Waals surface area contributed by atoms with Gasteiger partial charge in [-0.1, -0.05) is 34.4 Å². The second-order valence-electron chi connectivity index (χ2n) is 4.86.